The molecule has 1 unspecified atom stereocenters. The molecule has 0 aliphatic carbocycles. The molecular weight excluding hydrogens is 224 g/mol. The summed E-state index contributed by atoms with van der Waals surface area (Å²) in [4.78, 5) is 14.0. The van der Waals surface area contributed by atoms with Gasteiger partial charge in [-0.2, -0.15) is 5.26 Å². The second-order valence-electron chi connectivity index (χ2n) is 4.36. The lowest BCUT2D eigenvalue weighted by molar-refractivity contribution is 0.0988. The van der Waals surface area contributed by atoms with Crippen LogP contribution in [0, 0.1) is 17.2 Å². The summed E-state index contributed by atoms with van der Waals surface area (Å²) in [5, 5.41) is 8.91. The van der Waals surface area contributed by atoms with E-state index < -0.39 is 0 Å². The van der Waals surface area contributed by atoms with Gasteiger partial charge in [-0.3, -0.25) is 4.79 Å². The quantitative estimate of drug-likeness (QED) is 0.721. The standard InChI is InChI=1S/C15H20N2O/c1-4-15(18)13-8-6-7-9-14(13)17(5-2)11-12(3)10-16/h6-9,12H,4-5,11H2,1-3H3. The Morgan fingerprint density at radius 1 is 1.39 bits per heavy atom. The van der Waals surface area contributed by atoms with Crippen LogP contribution in [0.25, 0.3) is 0 Å². The smallest absolute Gasteiger partial charge is 0.164 e. The molecule has 3 nitrogen and oxygen atoms in total. The molecule has 96 valence electrons. The van der Waals surface area contributed by atoms with Crippen molar-refractivity contribution in [2.45, 2.75) is 27.2 Å². The van der Waals surface area contributed by atoms with E-state index in [1.54, 1.807) is 0 Å². The zero-order valence-corrected chi connectivity index (χ0v) is 11.3. The van der Waals surface area contributed by atoms with Crippen LogP contribution in [0.4, 0.5) is 5.69 Å². The Kier molecular flexibility index (Phi) is 5.38. The molecule has 0 spiro atoms. The lowest BCUT2D eigenvalue weighted by atomic mass is 10.0. The SMILES string of the molecule is CCC(=O)c1ccccc1N(CC)CC(C)C#N. The fourth-order valence-corrected chi connectivity index (χ4v) is 1.94. The molecule has 0 aliphatic heterocycles. The number of carbonyl (C=O) groups excluding carboxylic acids is 1. The summed E-state index contributed by atoms with van der Waals surface area (Å²) in [7, 11) is 0. The van der Waals surface area contributed by atoms with Crippen molar-refractivity contribution in [3.8, 4) is 6.07 Å². The van der Waals surface area contributed by atoms with Crippen LogP contribution in [0.15, 0.2) is 24.3 Å². The second-order valence-corrected chi connectivity index (χ2v) is 4.36. The zero-order chi connectivity index (χ0) is 13.5. The number of Topliss-reactive ketones (excluding diaryl/α,β-unsaturated/α-hetero) is 1. The van der Waals surface area contributed by atoms with E-state index in [0.717, 1.165) is 17.8 Å². The van der Waals surface area contributed by atoms with E-state index in [0.29, 0.717) is 13.0 Å². The van der Waals surface area contributed by atoms with Crippen LogP contribution < -0.4 is 4.90 Å². The van der Waals surface area contributed by atoms with Gasteiger partial charge in [-0.25, -0.2) is 0 Å². The van der Waals surface area contributed by atoms with E-state index in [9.17, 15) is 4.79 Å². The fourth-order valence-electron chi connectivity index (χ4n) is 1.94. The van der Waals surface area contributed by atoms with Crippen molar-refractivity contribution in [2.75, 3.05) is 18.0 Å². The molecular formula is C15H20N2O. The molecule has 0 heterocycles. The van der Waals surface area contributed by atoms with Gasteiger partial charge in [0.1, 0.15) is 0 Å². The van der Waals surface area contributed by atoms with E-state index in [2.05, 4.69) is 11.0 Å². The summed E-state index contributed by atoms with van der Waals surface area (Å²) < 4.78 is 0. The fraction of sp³-hybridized carbons (Fsp3) is 0.467. The molecule has 1 aromatic carbocycles. The Morgan fingerprint density at radius 2 is 2.06 bits per heavy atom. The average Bonchev–Trinajstić information content (AvgIpc) is 2.43. The highest BCUT2D eigenvalue weighted by atomic mass is 16.1. The third-order valence-corrected chi connectivity index (χ3v) is 2.96. The first kappa shape index (κ1) is 14.2. The van der Waals surface area contributed by atoms with Gasteiger partial charge in [0.25, 0.3) is 0 Å². The third kappa shape index (κ3) is 3.33. The van der Waals surface area contributed by atoms with Gasteiger partial charge >= 0.3 is 0 Å². The summed E-state index contributed by atoms with van der Waals surface area (Å²) in [6, 6.07) is 9.87. The highest BCUT2D eigenvalue weighted by Crippen LogP contribution is 2.22. The summed E-state index contributed by atoms with van der Waals surface area (Å²) in [5.41, 5.74) is 1.70. The number of para-hydroxylation sites is 1. The molecule has 0 bridgehead atoms. The van der Waals surface area contributed by atoms with Gasteiger partial charge in [-0.05, 0) is 26.0 Å². The maximum absolute atomic E-state index is 11.9. The Bertz CT molecular complexity index is 448. The molecule has 0 N–H and O–H groups in total. The summed E-state index contributed by atoms with van der Waals surface area (Å²) in [5.74, 6) is 0.100. The van der Waals surface area contributed by atoms with Crippen LogP contribution in [-0.2, 0) is 0 Å². The van der Waals surface area contributed by atoms with Crippen molar-refractivity contribution in [3.05, 3.63) is 29.8 Å². The van der Waals surface area contributed by atoms with E-state index in [4.69, 9.17) is 5.26 Å². The third-order valence-electron chi connectivity index (χ3n) is 2.96. The normalized spacial score (nSPS) is 11.7. The molecule has 0 saturated heterocycles. The molecule has 1 rings (SSSR count). The second kappa shape index (κ2) is 6.80. The van der Waals surface area contributed by atoms with Crippen molar-refractivity contribution in [2.24, 2.45) is 5.92 Å². The molecule has 0 aromatic heterocycles. The number of benzene rings is 1. The first-order valence-corrected chi connectivity index (χ1v) is 6.40. The predicted octanol–water partition coefficient (Wildman–Crippen LogP) is 3.27. The number of ketones is 1. The van der Waals surface area contributed by atoms with E-state index in [1.165, 1.54) is 0 Å². The largest absolute Gasteiger partial charge is 0.370 e. The van der Waals surface area contributed by atoms with Crippen molar-refractivity contribution < 1.29 is 4.79 Å². The Morgan fingerprint density at radius 3 is 2.61 bits per heavy atom. The van der Waals surface area contributed by atoms with Crippen molar-refractivity contribution in [1.82, 2.24) is 0 Å². The van der Waals surface area contributed by atoms with Gasteiger partial charge in [0.05, 0.1) is 12.0 Å². The van der Waals surface area contributed by atoms with E-state index in [-0.39, 0.29) is 11.7 Å². The Balaban J connectivity index is 3.06. The Labute approximate surface area is 109 Å². The minimum Gasteiger partial charge on any atom is -0.370 e. The molecule has 1 aromatic rings. The molecule has 0 fully saturated rings. The molecule has 18 heavy (non-hydrogen) atoms. The Hall–Kier alpha value is -1.82. The molecule has 1 atom stereocenters. The zero-order valence-electron chi connectivity index (χ0n) is 11.3. The molecule has 0 aliphatic rings. The van der Waals surface area contributed by atoms with Gasteiger partial charge < -0.3 is 4.90 Å². The highest BCUT2D eigenvalue weighted by molar-refractivity contribution is 6.01. The van der Waals surface area contributed by atoms with Gasteiger partial charge in [0.2, 0.25) is 0 Å². The highest BCUT2D eigenvalue weighted by Gasteiger charge is 2.15. The molecule has 3 heteroatoms. The number of hydrogen-bond donors (Lipinski definition) is 0. The number of nitrogens with zero attached hydrogens (tertiary/aromatic N) is 2. The molecule has 0 amide bonds. The van der Waals surface area contributed by atoms with Gasteiger partial charge in [-0.1, -0.05) is 19.1 Å². The van der Waals surface area contributed by atoms with Crippen LogP contribution in [0.5, 0.6) is 0 Å². The minimum atomic E-state index is -0.0465. The number of nitriles is 1. The lowest BCUT2D eigenvalue weighted by Gasteiger charge is -2.26. The van der Waals surface area contributed by atoms with Gasteiger partial charge in [0.15, 0.2) is 5.78 Å². The molecule has 0 radical (unpaired) electrons. The van der Waals surface area contributed by atoms with Gasteiger partial charge in [0, 0.05) is 30.8 Å². The number of anilines is 1. The van der Waals surface area contributed by atoms with Crippen LogP contribution in [-0.4, -0.2) is 18.9 Å². The summed E-state index contributed by atoms with van der Waals surface area (Å²) in [6.07, 6.45) is 0.502. The lowest BCUT2D eigenvalue weighted by Crippen LogP contribution is -2.29. The summed E-state index contributed by atoms with van der Waals surface area (Å²) in [6.45, 7) is 7.25. The van der Waals surface area contributed by atoms with Crippen LogP contribution in [0.2, 0.25) is 0 Å². The molecule has 0 saturated carbocycles. The average molecular weight is 244 g/mol. The maximum Gasteiger partial charge on any atom is 0.164 e. The first-order chi connectivity index (χ1) is 8.63. The predicted molar refractivity (Wildman–Crippen MR) is 73.7 cm³/mol. The number of rotatable bonds is 6. The summed E-state index contributed by atoms with van der Waals surface area (Å²) >= 11 is 0. The maximum atomic E-state index is 11.9. The van der Waals surface area contributed by atoms with Gasteiger partial charge in [-0.15, -0.1) is 0 Å². The monoisotopic (exact) mass is 244 g/mol. The van der Waals surface area contributed by atoms with Crippen LogP contribution >= 0.6 is 0 Å². The minimum absolute atomic E-state index is 0.0465. The first-order valence-electron chi connectivity index (χ1n) is 6.40. The van der Waals surface area contributed by atoms with Crippen molar-refractivity contribution in [3.63, 3.8) is 0 Å². The number of carbonyl (C=O) groups is 1. The van der Waals surface area contributed by atoms with Crippen molar-refractivity contribution in [1.29, 1.82) is 5.26 Å². The topological polar surface area (TPSA) is 44.1 Å². The van der Waals surface area contributed by atoms with E-state index >= 15 is 0 Å². The van der Waals surface area contributed by atoms with Crippen molar-refractivity contribution >= 4 is 11.5 Å². The number of hydrogen-bond acceptors (Lipinski definition) is 3. The van der Waals surface area contributed by atoms with E-state index in [1.807, 2.05) is 45.0 Å². The van der Waals surface area contributed by atoms with Crippen LogP contribution in [0.3, 0.4) is 0 Å². The van der Waals surface area contributed by atoms with Crippen LogP contribution in [0.1, 0.15) is 37.6 Å².